The molecule has 3 aromatic rings. The van der Waals surface area contributed by atoms with Gasteiger partial charge in [-0.25, -0.2) is 4.98 Å². The summed E-state index contributed by atoms with van der Waals surface area (Å²) in [5.74, 6) is 1.96. The Morgan fingerprint density at radius 3 is 2.70 bits per heavy atom. The Morgan fingerprint density at radius 2 is 1.91 bits per heavy atom. The third kappa shape index (κ3) is 4.23. The SMILES string of the molecule is Cc1cccc(NC(=O)c2ccc(CSc3ccccc3)o2)n1. The Morgan fingerprint density at radius 1 is 1.09 bits per heavy atom. The summed E-state index contributed by atoms with van der Waals surface area (Å²) in [6.07, 6.45) is 0. The van der Waals surface area contributed by atoms with E-state index in [1.807, 2.05) is 55.5 Å². The van der Waals surface area contributed by atoms with Gasteiger partial charge in [0.2, 0.25) is 0 Å². The lowest BCUT2D eigenvalue weighted by atomic mass is 10.3. The number of carbonyl (C=O) groups is 1. The van der Waals surface area contributed by atoms with Crippen LogP contribution in [0, 0.1) is 6.92 Å². The van der Waals surface area contributed by atoms with Crippen molar-refractivity contribution in [3.63, 3.8) is 0 Å². The normalized spacial score (nSPS) is 10.5. The molecular weight excluding hydrogens is 308 g/mol. The molecule has 3 rings (SSSR count). The van der Waals surface area contributed by atoms with E-state index in [-0.39, 0.29) is 11.7 Å². The molecule has 0 saturated heterocycles. The number of anilines is 1. The molecule has 2 aromatic heterocycles. The maximum absolute atomic E-state index is 12.2. The second-order valence-corrected chi connectivity index (χ2v) is 6.03. The summed E-state index contributed by atoms with van der Waals surface area (Å²) in [5.41, 5.74) is 0.849. The number of carbonyl (C=O) groups excluding carboxylic acids is 1. The third-order valence-corrected chi connectivity index (χ3v) is 4.17. The number of hydrogen-bond acceptors (Lipinski definition) is 4. The Balaban J connectivity index is 1.61. The number of furan rings is 1. The molecule has 0 saturated carbocycles. The first-order valence-electron chi connectivity index (χ1n) is 7.22. The van der Waals surface area contributed by atoms with Crippen LogP contribution in [0.1, 0.15) is 22.0 Å². The van der Waals surface area contributed by atoms with Crippen molar-refractivity contribution in [2.75, 3.05) is 5.32 Å². The maximum Gasteiger partial charge on any atom is 0.292 e. The van der Waals surface area contributed by atoms with E-state index in [0.29, 0.717) is 11.6 Å². The number of hydrogen-bond donors (Lipinski definition) is 1. The van der Waals surface area contributed by atoms with Crippen molar-refractivity contribution < 1.29 is 9.21 Å². The molecule has 0 atom stereocenters. The van der Waals surface area contributed by atoms with Gasteiger partial charge in [0.25, 0.3) is 5.91 Å². The van der Waals surface area contributed by atoms with Crippen LogP contribution in [0.2, 0.25) is 0 Å². The van der Waals surface area contributed by atoms with Gasteiger partial charge in [-0.1, -0.05) is 24.3 Å². The zero-order valence-electron chi connectivity index (χ0n) is 12.7. The second-order valence-electron chi connectivity index (χ2n) is 4.99. The molecule has 116 valence electrons. The van der Waals surface area contributed by atoms with Crippen molar-refractivity contribution in [1.82, 2.24) is 4.98 Å². The molecule has 23 heavy (non-hydrogen) atoms. The van der Waals surface area contributed by atoms with Crippen LogP contribution in [0.3, 0.4) is 0 Å². The quantitative estimate of drug-likeness (QED) is 0.701. The smallest absolute Gasteiger partial charge is 0.292 e. The van der Waals surface area contributed by atoms with Gasteiger partial charge >= 0.3 is 0 Å². The molecule has 0 spiro atoms. The number of nitrogens with zero attached hydrogens (tertiary/aromatic N) is 1. The number of benzene rings is 1. The topological polar surface area (TPSA) is 55.1 Å². The molecule has 0 radical (unpaired) electrons. The Hall–Kier alpha value is -2.53. The lowest BCUT2D eigenvalue weighted by molar-refractivity contribution is 0.0995. The Kier molecular flexibility index (Phi) is 4.78. The van der Waals surface area contributed by atoms with Gasteiger partial charge in [-0.3, -0.25) is 4.79 Å². The summed E-state index contributed by atoms with van der Waals surface area (Å²) < 4.78 is 5.61. The molecule has 0 aliphatic rings. The van der Waals surface area contributed by atoms with Crippen molar-refractivity contribution in [3.8, 4) is 0 Å². The zero-order valence-corrected chi connectivity index (χ0v) is 13.5. The fourth-order valence-electron chi connectivity index (χ4n) is 2.04. The average Bonchev–Trinajstić information content (AvgIpc) is 3.03. The summed E-state index contributed by atoms with van der Waals surface area (Å²) in [4.78, 5) is 17.6. The highest BCUT2D eigenvalue weighted by molar-refractivity contribution is 7.98. The fourth-order valence-corrected chi connectivity index (χ4v) is 2.85. The van der Waals surface area contributed by atoms with Crippen LogP contribution in [0.15, 0.2) is 70.0 Å². The molecule has 0 fully saturated rings. The monoisotopic (exact) mass is 324 g/mol. The van der Waals surface area contributed by atoms with E-state index in [1.54, 1.807) is 23.9 Å². The summed E-state index contributed by atoms with van der Waals surface area (Å²) in [5, 5.41) is 2.74. The summed E-state index contributed by atoms with van der Waals surface area (Å²) >= 11 is 1.67. The van der Waals surface area contributed by atoms with Crippen LogP contribution in [0.25, 0.3) is 0 Å². The van der Waals surface area contributed by atoms with E-state index < -0.39 is 0 Å². The van der Waals surface area contributed by atoms with Gasteiger partial charge in [-0.15, -0.1) is 11.8 Å². The van der Waals surface area contributed by atoms with Crippen LogP contribution in [-0.2, 0) is 5.75 Å². The highest BCUT2D eigenvalue weighted by Crippen LogP contribution is 2.23. The highest BCUT2D eigenvalue weighted by atomic mass is 32.2. The number of amides is 1. The first-order chi connectivity index (χ1) is 11.2. The van der Waals surface area contributed by atoms with Crippen molar-refractivity contribution in [2.45, 2.75) is 17.6 Å². The van der Waals surface area contributed by atoms with Gasteiger partial charge in [0.05, 0.1) is 5.75 Å². The minimum absolute atomic E-state index is 0.289. The number of rotatable bonds is 5. The first kappa shape index (κ1) is 15.4. The van der Waals surface area contributed by atoms with E-state index in [9.17, 15) is 4.79 Å². The van der Waals surface area contributed by atoms with Crippen molar-refractivity contribution >= 4 is 23.5 Å². The molecule has 5 heteroatoms. The summed E-state index contributed by atoms with van der Waals surface area (Å²) in [7, 11) is 0. The van der Waals surface area contributed by atoms with Crippen LogP contribution in [0.5, 0.6) is 0 Å². The van der Waals surface area contributed by atoms with Crippen LogP contribution >= 0.6 is 11.8 Å². The van der Waals surface area contributed by atoms with Crippen molar-refractivity contribution in [1.29, 1.82) is 0 Å². The van der Waals surface area contributed by atoms with Gasteiger partial charge in [0, 0.05) is 10.6 Å². The number of thioether (sulfide) groups is 1. The van der Waals surface area contributed by atoms with Crippen LogP contribution in [-0.4, -0.2) is 10.9 Å². The largest absolute Gasteiger partial charge is 0.455 e. The number of pyridine rings is 1. The number of aryl methyl sites for hydroxylation is 1. The summed E-state index contributed by atoms with van der Waals surface area (Å²) in [6.45, 7) is 1.88. The number of nitrogens with one attached hydrogen (secondary N) is 1. The minimum Gasteiger partial charge on any atom is -0.455 e. The molecule has 0 aliphatic carbocycles. The van der Waals surface area contributed by atoms with E-state index in [4.69, 9.17) is 4.42 Å². The third-order valence-electron chi connectivity index (χ3n) is 3.14. The van der Waals surface area contributed by atoms with Crippen LogP contribution < -0.4 is 5.32 Å². The molecule has 0 bridgehead atoms. The Bertz CT molecular complexity index is 800. The van der Waals surface area contributed by atoms with Crippen molar-refractivity contribution in [3.05, 3.63) is 77.9 Å². The lowest BCUT2D eigenvalue weighted by Gasteiger charge is -2.03. The van der Waals surface area contributed by atoms with E-state index >= 15 is 0 Å². The molecular formula is C18H16N2O2S. The van der Waals surface area contributed by atoms with E-state index in [1.165, 1.54) is 4.90 Å². The standard InChI is InChI=1S/C18H16N2O2S/c1-13-6-5-9-17(19-13)20-18(21)16-11-10-14(22-16)12-23-15-7-3-2-4-8-15/h2-11H,12H2,1H3,(H,19,20,21). The molecule has 1 amide bonds. The summed E-state index contributed by atoms with van der Waals surface area (Å²) in [6, 6.07) is 19.1. The van der Waals surface area contributed by atoms with Gasteiger partial charge in [-0.05, 0) is 43.3 Å². The highest BCUT2D eigenvalue weighted by Gasteiger charge is 2.12. The Labute approximate surface area is 138 Å². The molecule has 1 aromatic carbocycles. The predicted octanol–water partition coefficient (Wildman–Crippen LogP) is 4.53. The molecule has 0 aliphatic heterocycles. The van der Waals surface area contributed by atoms with Gasteiger partial charge < -0.3 is 9.73 Å². The van der Waals surface area contributed by atoms with E-state index in [0.717, 1.165) is 11.5 Å². The first-order valence-corrected chi connectivity index (χ1v) is 8.21. The van der Waals surface area contributed by atoms with Gasteiger partial charge in [0.1, 0.15) is 11.6 Å². The van der Waals surface area contributed by atoms with Gasteiger partial charge in [-0.2, -0.15) is 0 Å². The van der Waals surface area contributed by atoms with E-state index in [2.05, 4.69) is 10.3 Å². The number of aromatic nitrogens is 1. The fraction of sp³-hybridized carbons (Fsp3) is 0.111. The maximum atomic E-state index is 12.2. The van der Waals surface area contributed by atoms with Gasteiger partial charge in [0.15, 0.2) is 5.76 Å². The molecule has 4 nitrogen and oxygen atoms in total. The second kappa shape index (κ2) is 7.15. The minimum atomic E-state index is -0.293. The molecule has 2 heterocycles. The zero-order chi connectivity index (χ0) is 16.1. The molecule has 0 unspecified atom stereocenters. The molecule has 1 N–H and O–H groups in total. The predicted molar refractivity (Wildman–Crippen MR) is 91.6 cm³/mol. The lowest BCUT2D eigenvalue weighted by Crippen LogP contribution is -2.12. The average molecular weight is 324 g/mol. The van der Waals surface area contributed by atoms with Crippen molar-refractivity contribution in [2.24, 2.45) is 0 Å². The van der Waals surface area contributed by atoms with Crippen LogP contribution in [0.4, 0.5) is 5.82 Å².